The van der Waals surface area contributed by atoms with Crippen LogP contribution < -0.4 is 5.73 Å². The maximum atomic E-state index is 6.01. The third-order valence-corrected chi connectivity index (χ3v) is 4.12. The van der Waals surface area contributed by atoms with Gasteiger partial charge in [-0.1, -0.05) is 12.1 Å². The molecule has 0 amide bonds. The van der Waals surface area contributed by atoms with Crippen molar-refractivity contribution in [2.24, 2.45) is 5.73 Å². The number of nitrogens with two attached hydrogens (primary N) is 1. The van der Waals surface area contributed by atoms with Gasteiger partial charge in [-0.25, -0.2) is 0 Å². The first-order valence-electron chi connectivity index (χ1n) is 5.74. The Morgan fingerprint density at radius 1 is 1.44 bits per heavy atom. The van der Waals surface area contributed by atoms with Gasteiger partial charge < -0.3 is 10.7 Å². The number of aromatic amines is 1. The molecule has 16 heavy (non-hydrogen) atoms. The molecule has 0 bridgehead atoms. The van der Waals surface area contributed by atoms with Gasteiger partial charge in [0.2, 0.25) is 0 Å². The molecule has 0 saturated heterocycles. The highest BCUT2D eigenvalue weighted by Crippen LogP contribution is 2.46. The Morgan fingerprint density at radius 2 is 2.19 bits per heavy atom. The van der Waals surface area contributed by atoms with Crippen molar-refractivity contribution in [1.82, 2.24) is 4.98 Å². The molecule has 84 valence electrons. The van der Waals surface area contributed by atoms with E-state index in [0.29, 0.717) is 0 Å². The Balaban J connectivity index is 2.28. The summed E-state index contributed by atoms with van der Waals surface area (Å²) in [7, 11) is 0. The second-order valence-electron chi connectivity index (χ2n) is 4.69. The summed E-state index contributed by atoms with van der Waals surface area (Å²) >= 11 is 3.72. The van der Waals surface area contributed by atoms with E-state index >= 15 is 0 Å². The van der Waals surface area contributed by atoms with Crippen LogP contribution in [0.4, 0.5) is 0 Å². The number of hydrogen-bond donors (Lipinski definition) is 2. The first-order valence-corrected chi connectivity index (χ1v) is 6.53. The molecule has 3 rings (SSSR count). The fourth-order valence-electron chi connectivity index (χ4n) is 2.29. The predicted octanol–water partition coefficient (Wildman–Crippen LogP) is 3.83. The fourth-order valence-corrected chi connectivity index (χ4v) is 3.15. The molecule has 2 nitrogen and oxygen atoms in total. The van der Waals surface area contributed by atoms with Crippen molar-refractivity contribution >= 4 is 26.8 Å². The van der Waals surface area contributed by atoms with Crippen molar-refractivity contribution in [1.29, 1.82) is 0 Å². The van der Waals surface area contributed by atoms with E-state index in [9.17, 15) is 0 Å². The number of halogens is 1. The van der Waals surface area contributed by atoms with Crippen molar-refractivity contribution in [3.05, 3.63) is 33.9 Å². The summed E-state index contributed by atoms with van der Waals surface area (Å²) in [6, 6.07) is 6.38. The van der Waals surface area contributed by atoms with Crippen LogP contribution in [0.3, 0.4) is 0 Å². The van der Waals surface area contributed by atoms with E-state index in [1.165, 1.54) is 39.5 Å². The Morgan fingerprint density at radius 3 is 2.81 bits per heavy atom. The third-order valence-electron chi connectivity index (χ3n) is 3.30. The lowest BCUT2D eigenvalue weighted by atomic mass is 10.0. The monoisotopic (exact) mass is 278 g/mol. The number of rotatable bonds is 2. The molecular weight excluding hydrogens is 264 g/mol. The molecule has 1 unspecified atom stereocenters. The Bertz CT molecular complexity index is 538. The SMILES string of the molecule is CC(N)c1cccc2[nH]c(C3CC3)c(Br)c12. The van der Waals surface area contributed by atoms with E-state index in [0.717, 1.165) is 5.92 Å². The van der Waals surface area contributed by atoms with Gasteiger partial charge in [-0.2, -0.15) is 0 Å². The smallest absolute Gasteiger partial charge is 0.0471 e. The largest absolute Gasteiger partial charge is 0.357 e. The molecule has 1 aromatic heterocycles. The standard InChI is InChI=1S/C13H15BrN2/c1-7(15)9-3-2-4-10-11(9)12(14)13(16-10)8-5-6-8/h2-4,7-8,16H,5-6,15H2,1H3. The molecule has 2 aromatic rings. The lowest BCUT2D eigenvalue weighted by molar-refractivity contribution is 0.826. The predicted molar refractivity (Wildman–Crippen MR) is 70.6 cm³/mol. The van der Waals surface area contributed by atoms with Gasteiger partial charge in [0.1, 0.15) is 0 Å². The van der Waals surface area contributed by atoms with Crippen molar-refractivity contribution in [2.75, 3.05) is 0 Å². The van der Waals surface area contributed by atoms with Gasteiger partial charge in [-0.3, -0.25) is 0 Å². The third kappa shape index (κ3) is 1.50. The van der Waals surface area contributed by atoms with Gasteiger partial charge in [-0.15, -0.1) is 0 Å². The van der Waals surface area contributed by atoms with Gasteiger partial charge in [0.25, 0.3) is 0 Å². The zero-order valence-corrected chi connectivity index (χ0v) is 10.8. The highest BCUT2D eigenvalue weighted by molar-refractivity contribution is 9.10. The van der Waals surface area contributed by atoms with Crippen molar-refractivity contribution in [3.8, 4) is 0 Å². The molecule has 1 aromatic carbocycles. The highest BCUT2D eigenvalue weighted by Gasteiger charge is 2.28. The zero-order valence-electron chi connectivity index (χ0n) is 9.26. The topological polar surface area (TPSA) is 41.8 Å². The van der Waals surface area contributed by atoms with Crippen LogP contribution in [0.2, 0.25) is 0 Å². The molecule has 0 aliphatic heterocycles. The summed E-state index contributed by atoms with van der Waals surface area (Å²) in [5, 5.41) is 1.26. The van der Waals surface area contributed by atoms with Gasteiger partial charge in [0.05, 0.1) is 0 Å². The summed E-state index contributed by atoms with van der Waals surface area (Å²) in [5.41, 5.74) is 9.78. The summed E-state index contributed by atoms with van der Waals surface area (Å²) in [4.78, 5) is 3.52. The van der Waals surface area contributed by atoms with Crippen LogP contribution in [0.25, 0.3) is 10.9 Å². The van der Waals surface area contributed by atoms with Crippen LogP contribution in [0.5, 0.6) is 0 Å². The van der Waals surface area contributed by atoms with Gasteiger partial charge >= 0.3 is 0 Å². The normalized spacial score (nSPS) is 17.9. The number of fused-ring (bicyclic) bond motifs is 1. The average Bonchev–Trinajstić information content (AvgIpc) is 3.04. The highest BCUT2D eigenvalue weighted by atomic mass is 79.9. The summed E-state index contributed by atoms with van der Waals surface area (Å²) in [5.74, 6) is 0.725. The van der Waals surface area contributed by atoms with Crippen LogP contribution in [0.1, 0.15) is 43.0 Å². The molecule has 0 radical (unpaired) electrons. The van der Waals surface area contributed by atoms with Crippen LogP contribution in [0, 0.1) is 0 Å². The number of nitrogens with one attached hydrogen (secondary N) is 1. The van der Waals surface area contributed by atoms with Gasteiger partial charge in [0.15, 0.2) is 0 Å². The van der Waals surface area contributed by atoms with E-state index in [-0.39, 0.29) is 6.04 Å². The second-order valence-corrected chi connectivity index (χ2v) is 5.48. The minimum atomic E-state index is 0.0721. The maximum absolute atomic E-state index is 6.01. The summed E-state index contributed by atoms with van der Waals surface area (Å²) in [6.45, 7) is 2.03. The molecule has 1 aliphatic rings. The van der Waals surface area contributed by atoms with E-state index in [2.05, 4.69) is 39.1 Å². The number of hydrogen-bond acceptors (Lipinski definition) is 1. The van der Waals surface area contributed by atoms with E-state index in [4.69, 9.17) is 5.73 Å². The molecular formula is C13H15BrN2. The molecule has 1 atom stereocenters. The molecule has 1 aliphatic carbocycles. The van der Waals surface area contributed by atoms with Crippen LogP contribution in [-0.2, 0) is 0 Å². The molecule has 1 heterocycles. The Hall–Kier alpha value is -0.800. The number of benzene rings is 1. The Labute approximate surface area is 103 Å². The van der Waals surface area contributed by atoms with E-state index in [1.807, 2.05) is 6.92 Å². The first kappa shape index (κ1) is 10.4. The van der Waals surface area contributed by atoms with Crippen LogP contribution >= 0.6 is 15.9 Å². The second kappa shape index (κ2) is 3.60. The van der Waals surface area contributed by atoms with E-state index < -0.39 is 0 Å². The Kier molecular flexibility index (Phi) is 2.33. The quantitative estimate of drug-likeness (QED) is 0.862. The maximum Gasteiger partial charge on any atom is 0.0471 e. The number of H-pyrrole nitrogens is 1. The molecule has 0 spiro atoms. The zero-order chi connectivity index (χ0) is 11.3. The lowest BCUT2D eigenvalue weighted by Crippen LogP contribution is -2.05. The van der Waals surface area contributed by atoms with Crippen molar-refractivity contribution < 1.29 is 0 Å². The fraction of sp³-hybridized carbons (Fsp3) is 0.385. The minimum Gasteiger partial charge on any atom is -0.357 e. The summed E-state index contributed by atoms with van der Waals surface area (Å²) < 4.78 is 1.22. The lowest BCUT2D eigenvalue weighted by Gasteiger charge is -2.07. The molecule has 1 fully saturated rings. The molecule has 1 saturated carbocycles. The van der Waals surface area contributed by atoms with Crippen LogP contribution in [-0.4, -0.2) is 4.98 Å². The summed E-state index contributed by atoms with van der Waals surface area (Å²) in [6.07, 6.45) is 2.61. The van der Waals surface area contributed by atoms with E-state index in [1.54, 1.807) is 0 Å². The van der Waals surface area contributed by atoms with Gasteiger partial charge in [0, 0.05) is 33.0 Å². The molecule has 3 heteroatoms. The van der Waals surface area contributed by atoms with Crippen molar-refractivity contribution in [3.63, 3.8) is 0 Å². The molecule has 3 N–H and O–H groups in total. The van der Waals surface area contributed by atoms with Gasteiger partial charge in [-0.05, 0) is 47.3 Å². The van der Waals surface area contributed by atoms with Crippen LogP contribution in [0.15, 0.2) is 22.7 Å². The number of aromatic nitrogens is 1. The minimum absolute atomic E-state index is 0.0721. The first-order chi connectivity index (χ1) is 7.68. The average molecular weight is 279 g/mol. The van der Waals surface area contributed by atoms with Crippen molar-refractivity contribution in [2.45, 2.75) is 31.7 Å².